The average molecular weight is 553 g/mol. The van der Waals surface area contributed by atoms with Crippen LogP contribution in [0.25, 0.3) is 0 Å². The standard InChI is InChI=1S/C11H12O4.C10H10O3.C9H10O3/c1-8(12)15-11(2,10(13)14)9-6-4-3-5-7-9;1-8(11)13-10(12)7-9-5-3-2-4-6-9;10-8(9(11)12)6-7-4-2-1-3-5-7/h3-7H,1-2H3,(H,13,14);2-6H,7H2,1H3;1-5,8,10H,6H2,(H,11,12). The number of carbonyl (C=O) groups is 5. The van der Waals surface area contributed by atoms with Gasteiger partial charge in [0.05, 0.1) is 6.42 Å². The summed E-state index contributed by atoms with van der Waals surface area (Å²) in [5, 5.41) is 26.4. The first-order valence-electron chi connectivity index (χ1n) is 12.0. The van der Waals surface area contributed by atoms with E-state index < -0.39 is 41.6 Å². The van der Waals surface area contributed by atoms with Crippen molar-refractivity contribution in [1.29, 1.82) is 0 Å². The van der Waals surface area contributed by atoms with E-state index in [9.17, 15) is 24.0 Å². The Balaban J connectivity index is 0.000000302. The molecule has 2 unspecified atom stereocenters. The number of carbonyl (C=O) groups excluding carboxylic acids is 3. The highest BCUT2D eigenvalue weighted by atomic mass is 16.6. The first-order valence-corrected chi connectivity index (χ1v) is 12.0. The highest BCUT2D eigenvalue weighted by Crippen LogP contribution is 2.25. The van der Waals surface area contributed by atoms with Gasteiger partial charge in [0.2, 0.25) is 5.60 Å². The molecule has 3 N–H and O–H groups in total. The number of hydrogen-bond donors (Lipinski definition) is 3. The Labute approximate surface area is 231 Å². The molecular weight excluding hydrogens is 520 g/mol. The van der Waals surface area contributed by atoms with Gasteiger partial charge in [-0.2, -0.15) is 0 Å². The van der Waals surface area contributed by atoms with Crippen LogP contribution in [0.15, 0.2) is 91.0 Å². The van der Waals surface area contributed by atoms with Gasteiger partial charge in [0.15, 0.2) is 6.10 Å². The van der Waals surface area contributed by atoms with Crippen LogP contribution in [0, 0.1) is 0 Å². The molecule has 2 atom stereocenters. The number of ether oxygens (including phenoxy) is 2. The summed E-state index contributed by atoms with van der Waals surface area (Å²) in [6.45, 7) is 3.75. The SMILES string of the molecule is CC(=O)OC(=O)Cc1ccccc1.CC(=O)OC(C)(C(=O)O)c1ccccc1.O=C(O)C(O)Cc1ccccc1. The Hall–Kier alpha value is -4.83. The third-order valence-electron chi connectivity index (χ3n) is 5.09. The van der Waals surface area contributed by atoms with Crippen LogP contribution in [-0.2, 0) is 51.9 Å². The molecule has 0 radical (unpaired) electrons. The minimum absolute atomic E-state index is 0.139. The second-order valence-corrected chi connectivity index (χ2v) is 8.47. The lowest BCUT2D eigenvalue weighted by Gasteiger charge is -2.24. The number of rotatable bonds is 8. The van der Waals surface area contributed by atoms with Crippen LogP contribution >= 0.6 is 0 Å². The molecule has 0 aliphatic heterocycles. The summed E-state index contributed by atoms with van der Waals surface area (Å²) in [5.74, 6) is -4.08. The van der Waals surface area contributed by atoms with Crippen LogP contribution in [0.1, 0.15) is 37.5 Å². The predicted molar refractivity (Wildman–Crippen MR) is 144 cm³/mol. The van der Waals surface area contributed by atoms with Gasteiger partial charge in [0.25, 0.3) is 0 Å². The highest BCUT2D eigenvalue weighted by Gasteiger charge is 2.38. The Kier molecular flexibility index (Phi) is 14.0. The number of aliphatic carboxylic acids is 2. The molecular formula is C30H32O10. The first kappa shape index (κ1) is 33.2. The lowest BCUT2D eigenvalue weighted by molar-refractivity contribution is -0.176. The van der Waals surface area contributed by atoms with Crippen molar-refractivity contribution in [1.82, 2.24) is 0 Å². The van der Waals surface area contributed by atoms with Crippen molar-refractivity contribution in [3.8, 4) is 0 Å². The van der Waals surface area contributed by atoms with Gasteiger partial charge in [-0.15, -0.1) is 0 Å². The van der Waals surface area contributed by atoms with Crippen molar-refractivity contribution in [3.05, 3.63) is 108 Å². The molecule has 10 heteroatoms. The topological polar surface area (TPSA) is 164 Å². The van der Waals surface area contributed by atoms with Crippen LogP contribution in [-0.4, -0.2) is 51.3 Å². The van der Waals surface area contributed by atoms with E-state index >= 15 is 0 Å². The Morgan fingerprint density at radius 3 is 1.57 bits per heavy atom. The molecule has 3 aromatic rings. The molecule has 0 aliphatic carbocycles. The van der Waals surface area contributed by atoms with Crippen molar-refractivity contribution in [2.75, 3.05) is 0 Å². The number of carboxylic acid groups (broad SMARTS) is 2. The van der Waals surface area contributed by atoms with Gasteiger partial charge in [0.1, 0.15) is 0 Å². The molecule has 3 aromatic carbocycles. The van der Waals surface area contributed by atoms with E-state index in [0.29, 0.717) is 5.56 Å². The van der Waals surface area contributed by atoms with E-state index in [2.05, 4.69) is 4.74 Å². The van der Waals surface area contributed by atoms with Crippen LogP contribution in [0.4, 0.5) is 0 Å². The maximum Gasteiger partial charge on any atom is 0.352 e. The minimum atomic E-state index is -1.62. The van der Waals surface area contributed by atoms with Crippen molar-refractivity contribution in [2.45, 2.75) is 45.3 Å². The maximum atomic E-state index is 11.1. The molecule has 0 spiro atoms. The molecule has 40 heavy (non-hydrogen) atoms. The van der Waals surface area contributed by atoms with E-state index in [1.807, 2.05) is 36.4 Å². The molecule has 0 fully saturated rings. The Bertz CT molecular complexity index is 1240. The van der Waals surface area contributed by atoms with Crippen molar-refractivity contribution in [3.63, 3.8) is 0 Å². The van der Waals surface area contributed by atoms with Gasteiger partial charge in [0, 0.05) is 25.8 Å². The number of benzene rings is 3. The number of aliphatic hydroxyl groups excluding tert-OH is 1. The molecule has 10 nitrogen and oxygen atoms in total. The molecule has 0 heterocycles. The second kappa shape index (κ2) is 16.9. The van der Waals surface area contributed by atoms with Crippen LogP contribution in [0.3, 0.4) is 0 Å². The maximum absolute atomic E-state index is 11.1. The van der Waals surface area contributed by atoms with E-state index in [1.54, 1.807) is 54.6 Å². The van der Waals surface area contributed by atoms with Crippen LogP contribution < -0.4 is 0 Å². The summed E-state index contributed by atoms with van der Waals surface area (Å²) in [4.78, 5) is 53.6. The molecule has 0 saturated heterocycles. The first-order chi connectivity index (χ1) is 18.8. The lowest BCUT2D eigenvalue weighted by atomic mass is 9.96. The fourth-order valence-electron chi connectivity index (χ4n) is 3.15. The van der Waals surface area contributed by atoms with Gasteiger partial charge < -0.3 is 24.8 Å². The molecule has 0 bridgehead atoms. The third-order valence-corrected chi connectivity index (χ3v) is 5.09. The minimum Gasteiger partial charge on any atom is -0.479 e. The number of aliphatic hydroxyl groups is 1. The summed E-state index contributed by atoms with van der Waals surface area (Å²) in [5.41, 5.74) is 0.487. The summed E-state index contributed by atoms with van der Waals surface area (Å²) < 4.78 is 9.22. The largest absolute Gasteiger partial charge is 0.479 e. The van der Waals surface area contributed by atoms with Gasteiger partial charge in [-0.05, 0) is 18.1 Å². The summed E-state index contributed by atoms with van der Waals surface area (Å²) in [7, 11) is 0. The summed E-state index contributed by atoms with van der Waals surface area (Å²) >= 11 is 0. The van der Waals surface area contributed by atoms with Crippen molar-refractivity contribution < 1.29 is 48.8 Å². The quantitative estimate of drug-likeness (QED) is 0.278. The fraction of sp³-hybridized carbons (Fsp3) is 0.233. The number of esters is 3. The van der Waals surface area contributed by atoms with E-state index in [1.165, 1.54) is 20.8 Å². The number of hydrogen-bond acceptors (Lipinski definition) is 8. The molecule has 0 saturated carbocycles. The van der Waals surface area contributed by atoms with E-state index in [-0.39, 0.29) is 12.8 Å². The molecule has 3 rings (SSSR count). The van der Waals surface area contributed by atoms with Gasteiger partial charge in [-0.1, -0.05) is 91.0 Å². The fourth-order valence-corrected chi connectivity index (χ4v) is 3.15. The normalized spacial score (nSPS) is 12.0. The third kappa shape index (κ3) is 12.6. The lowest BCUT2D eigenvalue weighted by Crippen LogP contribution is -2.37. The summed E-state index contributed by atoms with van der Waals surface area (Å²) in [6.07, 6.45) is -0.997. The predicted octanol–water partition coefficient (Wildman–Crippen LogP) is 3.54. The molecule has 0 amide bonds. The van der Waals surface area contributed by atoms with Crippen molar-refractivity contribution in [2.24, 2.45) is 0 Å². The van der Waals surface area contributed by atoms with Gasteiger partial charge in [-0.3, -0.25) is 14.4 Å². The smallest absolute Gasteiger partial charge is 0.352 e. The average Bonchev–Trinajstić information content (AvgIpc) is 2.90. The highest BCUT2D eigenvalue weighted by molar-refractivity contribution is 5.85. The zero-order chi connectivity index (χ0) is 30.1. The van der Waals surface area contributed by atoms with E-state index in [4.69, 9.17) is 20.1 Å². The van der Waals surface area contributed by atoms with Crippen LogP contribution in [0.5, 0.6) is 0 Å². The zero-order valence-electron chi connectivity index (χ0n) is 22.4. The van der Waals surface area contributed by atoms with Crippen molar-refractivity contribution >= 4 is 29.8 Å². The van der Waals surface area contributed by atoms with Gasteiger partial charge in [-0.25, -0.2) is 9.59 Å². The second-order valence-electron chi connectivity index (χ2n) is 8.47. The van der Waals surface area contributed by atoms with Crippen LogP contribution in [0.2, 0.25) is 0 Å². The van der Waals surface area contributed by atoms with Gasteiger partial charge >= 0.3 is 29.8 Å². The Morgan fingerprint density at radius 2 is 1.18 bits per heavy atom. The molecule has 212 valence electrons. The van der Waals surface area contributed by atoms with E-state index in [0.717, 1.165) is 11.1 Å². The summed E-state index contributed by atoms with van der Waals surface area (Å²) in [6, 6.07) is 26.5. The Morgan fingerprint density at radius 1 is 0.725 bits per heavy atom. The molecule has 0 aromatic heterocycles. The zero-order valence-corrected chi connectivity index (χ0v) is 22.4. The molecule has 0 aliphatic rings. The number of carboxylic acids is 2. The monoisotopic (exact) mass is 552 g/mol.